The Balaban J connectivity index is 1.98. The van der Waals surface area contributed by atoms with Gasteiger partial charge in [0.1, 0.15) is 0 Å². The minimum absolute atomic E-state index is 0.0667. The fourth-order valence-electron chi connectivity index (χ4n) is 2.81. The van der Waals surface area contributed by atoms with Gasteiger partial charge in [0.2, 0.25) is 0 Å². The minimum Gasteiger partial charge on any atom is -0.465 e. The van der Waals surface area contributed by atoms with Crippen LogP contribution in [0.4, 0.5) is 10.5 Å². The number of benzene rings is 1. The van der Waals surface area contributed by atoms with Crippen LogP contribution in [0.2, 0.25) is 0 Å². The van der Waals surface area contributed by atoms with Crippen LogP contribution in [0.15, 0.2) is 24.3 Å². The van der Waals surface area contributed by atoms with E-state index < -0.39 is 6.09 Å². The predicted molar refractivity (Wildman–Crippen MR) is 91.5 cm³/mol. The van der Waals surface area contributed by atoms with E-state index in [0.717, 1.165) is 18.7 Å². The first-order valence-corrected chi connectivity index (χ1v) is 8.22. The Hall–Kier alpha value is -2.28. The maximum absolute atomic E-state index is 12.3. The summed E-state index contributed by atoms with van der Waals surface area (Å²) in [6.45, 7) is 3.08. The summed E-state index contributed by atoms with van der Waals surface area (Å²) in [5, 5.41) is 17.9. The predicted octanol–water partition coefficient (Wildman–Crippen LogP) is 1.33. The molecule has 1 heterocycles. The zero-order valence-corrected chi connectivity index (χ0v) is 14.0. The van der Waals surface area contributed by atoms with Gasteiger partial charge in [-0.25, -0.2) is 4.79 Å². The molecular weight excluding hydrogens is 310 g/mol. The molecule has 0 radical (unpaired) electrons. The van der Waals surface area contributed by atoms with Crippen molar-refractivity contribution in [3.05, 3.63) is 29.8 Å². The van der Waals surface area contributed by atoms with Gasteiger partial charge in [-0.1, -0.05) is 0 Å². The van der Waals surface area contributed by atoms with Crippen LogP contribution in [0.1, 0.15) is 23.2 Å². The zero-order chi connectivity index (χ0) is 17.5. The molecule has 1 saturated heterocycles. The van der Waals surface area contributed by atoms with Crippen LogP contribution in [0, 0.1) is 0 Å². The number of amides is 2. The van der Waals surface area contributed by atoms with E-state index >= 15 is 0 Å². The molecular formula is C17H25N3O4. The number of nitrogens with zero attached hydrogens (tertiary/aromatic N) is 3. The first kappa shape index (κ1) is 18.1. The Morgan fingerprint density at radius 2 is 1.83 bits per heavy atom. The highest BCUT2D eigenvalue weighted by Gasteiger charge is 2.19. The second-order valence-corrected chi connectivity index (χ2v) is 5.96. The van der Waals surface area contributed by atoms with Gasteiger partial charge >= 0.3 is 6.09 Å². The van der Waals surface area contributed by atoms with E-state index in [4.69, 9.17) is 10.2 Å². The van der Waals surface area contributed by atoms with Crippen LogP contribution in [0.25, 0.3) is 0 Å². The molecule has 0 spiro atoms. The second-order valence-electron chi connectivity index (χ2n) is 5.96. The lowest BCUT2D eigenvalue weighted by Gasteiger charge is -2.23. The summed E-state index contributed by atoms with van der Waals surface area (Å²) in [6.07, 6.45) is 0.481. The van der Waals surface area contributed by atoms with Crippen LogP contribution in [0.5, 0.6) is 0 Å². The van der Waals surface area contributed by atoms with Crippen molar-refractivity contribution in [2.75, 3.05) is 51.3 Å². The van der Waals surface area contributed by atoms with E-state index in [-0.39, 0.29) is 12.5 Å². The molecule has 1 aliphatic heterocycles. The van der Waals surface area contributed by atoms with Crippen molar-refractivity contribution >= 4 is 17.7 Å². The molecule has 0 bridgehead atoms. The lowest BCUT2D eigenvalue weighted by atomic mass is 10.1. The number of hydrogen-bond acceptors (Lipinski definition) is 4. The number of aliphatic hydroxyl groups is 1. The summed E-state index contributed by atoms with van der Waals surface area (Å²) in [5.74, 6) is -0.0667. The number of aliphatic hydroxyl groups excluding tert-OH is 1. The Morgan fingerprint density at radius 3 is 2.46 bits per heavy atom. The molecule has 0 atom stereocenters. The molecule has 1 aromatic carbocycles. The van der Waals surface area contributed by atoms with Gasteiger partial charge in [0, 0.05) is 57.6 Å². The number of anilines is 1. The topological polar surface area (TPSA) is 84.3 Å². The minimum atomic E-state index is -0.872. The maximum atomic E-state index is 12.3. The number of carboxylic acid groups (broad SMARTS) is 1. The standard InChI is InChI=1S/C17H25N3O4/c1-18(8-3-13-21)16(22)14-4-6-15(7-5-14)19-9-2-10-20(12-11-19)17(23)24/h4-7,21H,2-3,8-13H2,1H3,(H,23,24). The Bertz CT molecular complexity index is 561. The number of rotatable bonds is 5. The SMILES string of the molecule is CN(CCCO)C(=O)c1ccc(N2CCCN(C(=O)O)CC2)cc1. The van der Waals surface area contributed by atoms with E-state index in [2.05, 4.69) is 4.90 Å². The number of hydrogen-bond donors (Lipinski definition) is 2. The maximum Gasteiger partial charge on any atom is 0.407 e. The smallest absolute Gasteiger partial charge is 0.407 e. The summed E-state index contributed by atoms with van der Waals surface area (Å²) in [5.41, 5.74) is 1.61. The first-order valence-electron chi connectivity index (χ1n) is 8.22. The Morgan fingerprint density at radius 1 is 1.12 bits per heavy atom. The molecule has 24 heavy (non-hydrogen) atoms. The number of carbonyl (C=O) groups is 2. The molecule has 2 rings (SSSR count). The molecule has 0 aromatic heterocycles. The largest absolute Gasteiger partial charge is 0.465 e. The monoisotopic (exact) mass is 335 g/mol. The van der Waals surface area contributed by atoms with Gasteiger partial charge in [-0.2, -0.15) is 0 Å². The van der Waals surface area contributed by atoms with Gasteiger partial charge in [-0.3, -0.25) is 4.79 Å². The molecule has 0 aliphatic carbocycles. The van der Waals surface area contributed by atoms with E-state index in [9.17, 15) is 9.59 Å². The molecule has 132 valence electrons. The van der Waals surface area contributed by atoms with Crippen LogP contribution in [0.3, 0.4) is 0 Å². The molecule has 1 aliphatic rings. The van der Waals surface area contributed by atoms with Crippen LogP contribution in [-0.4, -0.2) is 78.4 Å². The summed E-state index contributed by atoms with van der Waals surface area (Å²) >= 11 is 0. The molecule has 0 saturated carbocycles. The first-order chi connectivity index (χ1) is 11.5. The highest BCUT2D eigenvalue weighted by atomic mass is 16.4. The van der Waals surface area contributed by atoms with Gasteiger partial charge in [0.15, 0.2) is 0 Å². The van der Waals surface area contributed by atoms with Crippen molar-refractivity contribution in [3.8, 4) is 0 Å². The fourth-order valence-corrected chi connectivity index (χ4v) is 2.81. The molecule has 7 heteroatoms. The molecule has 0 unspecified atom stereocenters. The second kappa shape index (κ2) is 8.54. The highest BCUT2D eigenvalue weighted by molar-refractivity contribution is 5.94. The molecule has 7 nitrogen and oxygen atoms in total. The van der Waals surface area contributed by atoms with Crippen LogP contribution >= 0.6 is 0 Å². The van der Waals surface area contributed by atoms with Crippen LogP contribution in [-0.2, 0) is 0 Å². The summed E-state index contributed by atoms with van der Waals surface area (Å²) < 4.78 is 0. The van der Waals surface area contributed by atoms with Crippen molar-refractivity contribution in [2.24, 2.45) is 0 Å². The van der Waals surface area contributed by atoms with Gasteiger partial charge in [0.25, 0.3) is 5.91 Å². The highest BCUT2D eigenvalue weighted by Crippen LogP contribution is 2.18. The molecule has 2 N–H and O–H groups in total. The normalized spacial score (nSPS) is 15.1. The lowest BCUT2D eigenvalue weighted by Crippen LogP contribution is -2.34. The van der Waals surface area contributed by atoms with E-state index in [1.807, 2.05) is 12.1 Å². The average molecular weight is 335 g/mol. The Labute approximate surface area is 142 Å². The third-order valence-electron chi connectivity index (χ3n) is 4.24. The third kappa shape index (κ3) is 4.61. The van der Waals surface area contributed by atoms with Gasteiger partial charge in [0.05, 0.1) is 0 Å². The summed E-state index contributed by atoms with van der Waals surface area (Å²) in [6, 6.07) is 7.41. The van der Waals surface area contributed by atoms with Crippen molar-refractivity contribution in [2.45, 2.75) is 12.8 Å². The quantitative estimate of drug-likeness (QED) is 0.848. The third-order valence-corrected chi connectivity index (χ3v) is 4.24. The van der Waals surface area contributed by atoms with E-state index in [1.54, 1.807) is 24.1 Å². The summed E-state index contributed by atoms with van der Waals surface area (Å²) in [7, 11) is 1.72. The van der Waals surface area contributed by atoms with Crippen LogP contribution < -0.4 is 4.90 Å². The lowest BCUT2D eigenvalue weighted by molar-refractivity contribution is 0.0786. The average Bonchev–Trinajstić information content (AvgIpc) is 2.85. The van der Waals surface area contributed by atoms with Crippen molar-refractivity contribution in [3.63, 3.8) is 0 Å². The van der Waals surface area contributed by atoms with E-state index in [0.29, 0.717) is 38.2 Å². The van der Waals surface area contributed by atoms with Crippen molar-refractivity contribution in [1.82, 2.24) is 9.80 Å². The van der Waals surface area contributed by atoms with Gasteiger partial charge in [-0.05, 0) is 37.1 Å². The molecule has 1 fully saturated rings. The molecule has 2 amide bonds. The summed E-state index contributed by atoms with van der Waals surface area (Å²) in [4.78, 5) is 28.5. The van der Waals surface area contributed by atoms with Crippen molar-refractivity contribution < 1.29 is 19.8 Å². The number of carbonyl (C=O) groups excluding carboxylic acids is 1. The zero-order valence-electron chi connectivity index (χ0n) is 14.0. The Kier molecular flexibility index (Phi) is 6.43. The van der Waals surface area contributed by atoms with Gasteiger partial charge < -0.3 is 24.9 Å². The van der Waals surface area contributed by atoms with Crippen molar-refractivity contribution in [1.29, 1.82) is 0 Å². The fraction of sp³-hybridized carbons (Fsp3) is 0.529. The molecule has 1 aromatic rings. The van der Waals surface area contributed by atoms with Gasteiger partial charge in [-0.15, -0.1) is 0 Å². The van der Waals surface area contributed by atoms with E-state index in [1.165, 1.54) is 4.90 Å².